The average Bonchev–Trinajstić information content (AvgIpc) is 2.71. The van der Waals surface area contributed by atoms with Crippen molar-refractivity contribution < 1.29 is 9.59 Å². The third kappa shape index (κ3) is 8.06. The molecule has 0 spiro atoms. The lowest BCUT2D eigenvalue weighted by atomic mass is 10.1. The average molecular weight is 481 g/mol. The molecule has 168 valence electrons. The molecular formula is C24H30Cl2N2O2S. The minimum atomic E-state index is -0.547. The molecular weight excluding hydrogens is 451 g/mol. The zero-order valence-corrected chi connectivity index (χ0v) is 20.8. The lowest BCUT2D eigenvalue weighted by molar-refractivity contribution is -0.141. The number of nitrogens with one attached hydrogen (secondary N) is 1. The molecule has 0 aliphatic heterocycles. The highest BCUT2D eigenvalue weighted by atomic mass is 35.5. The number of nitrogens with zero attached hydrogens (tertiary/aromatic N) is 1. The Morgan fingerprint density at radius 2 is 1.74 bits per heavy atom. The summed E-state index contributed by atoms with van der Waals surface area (Å²) in [7, 11) is 0. The topological polar surface area (TPSA) is 49.4 Å². The number of halogens is 2. The lowest BCUT2D eigenvalue weighted by Gasteiger charge is -2.31. The molecule has 1 N–H and O–H groups in total. The first-order valence-corrected chi connectivity index (χ1v) is 12.2. The quantitative estimate of drug-likeness (QED) is 0.416. The largest absolute Gasteiger partial charge is 0.352 e. The third-order valence-electron chi connectivity index (χ3n) is 4.76. The van der Waals surface area contributed by atoms with Gasteiger partial charge in [0.15, 0.2) is 0 Å². The Labute approximate surface area is 199 Å². The van der Waals surface area contributed by atoms with Crippen molar-refractivity contribution in [2.45, 2.75) is 64.1 Å². The van der Waals surface area contributed by atoms with Crippen molar-refractivity contribution in [3.05, 3.63) is 63.6 Å². The Kier molecular flexibility index (Phi) is 10.2. The normalized spacial score (nSPS) is 12.0. The van der Waals surface area contributed by atoms with Crippen LogP contribution in [0.25, 0.3) is 0 Å². The summed E-state index contributed by atoms with van der Waals surface area (Å²) < 4.78 is 0. The van der Waals surface area contributed by atoms with E-state index in [2.05, 4.69) is 29.6 Å². The van der Waals surface area contributed by atoms with Crippen molar-refractivity contribution in [3.8, 4) is 0 Å². The highest BCUT2D eigenvalue weighted by Gasteiger charge is 2.28. The second kappa shape index (κ2) is 12.4. The van der Waals surface area contributed by atoms with Gasteiger partial charge < -0.3 is 10.2 Å². The molecule has 0 saturated heterocycles. The highest BCUT2D eigenvalue weighted by Crippen LogP contribution is 2.25. The molecule has 31 heavy (non-hydrogen) atoms. The van der Waals surface area contributed by atoms with E-state index in [1.807, 2.05) is 33.8 Å². The summed E-state index contributed by atoms with van der Waals surface area (Å²) in [5.41, 5.74) is 2.04. The van der Waals surface area contributed by atoms with Crippen molar-refractivity contribution in [3.63, 3.8) is 0 Å². The molecule has 0 saturated carbocycles. The van der Waals surface area contributed by atoms with Gasteiger partial charge in [-0.05, 0) is 57.0 Å². The maximum Gasteiger partial charge on any atom is 0.243 e. The Bertz CT molecular complexity index is 888. The molecule has 2 aromatic carbocycles. The van der Waals surface area contributed by atoms with Crippen LogP contribution in [0, 0.1) is 6.92 Å². The maximum absolute atomic E-state index is 13.2. The van der Waals surface area contributed by atoms with Crippen LogP contribution in [0.2, 0.25) is 10.0 Å². The van der Waals surface area contributed by atoms with Gasteiger partial charge in [0.25, 0.3) is 0 Å². The van der Waals surface area contributed by atoms with Gasteiger partial charge in [0.05, 0.1) is 10.0 Å². The zero-order chi connectivity index (χ0) is 23.0. The third-order valence-corrected chi connectivity index (χ3v) is 6.51. The number of aryl methyl sites for hydroxylation is 1. The van der Waals surface area contributed by atoms with Crippen LogP contribution < -0.4 is 5.32 Å². The van der Waals surface area contributed by atoms with Crippen molar-refractivity contribution in [2.24, 2.45) is 0 Å². The van der Waals surface area contributed by atoms with E-state index in [1.54, 1.807) is 28.8 Å². The predicted octanol–water partition coefficient (Wildman–Crippen LogP) is 6.12. The molecule has 0 bridgehead atoms. The summed E-state index contributed by atoms with van der Waals surface area (Å²) in [4.78, 5) is 28.8. The number of carbonyl (C=O) groups is 2. The van der Waals surface area contributed by atoms with Gasteiger partial charge in [-0.2, -0.15) is 0 Å². The van der Waals surface area contributed by atoms with Gasteiger partial charge >= 0.3 is 0 Å². The molecule has 2 amide bonds. The van der Waals surface area contributed by atoms with E-state index in [0.29, 0.717) is 35.2 Å². The highest BCUT2D eigenvalue weighted by molar-refractivity contribution is 7.99. The fourth-order valence-corrected chi connectivity index (χ4v) is 4.33. The molecule has 0 aliphatic carbocycles. The first kappa shape index (κ1) is 25.6. The minimum absolute atomic E-state index is 0.000529. The summed E-state index contributed by atoms with van der Waals surface area (Å²) in [6.45, 7) is 8.09. The van der Waals surface area contributed by atoms with Crippen LogP contribution >= 0.6 is 35.0 Å². The predicted molar refractivity (Wildman–Crippen MR) is 131 cm³/mol. The molecule has 0 radical (unpaired) electrons. The molecule has 0 fully saturated rings. The van der Waals surface area contributed by atoms with Gasteiger partial charge in [-0.3, -0.25) is 9.59 Å². The van der Waals surface area contributed by atoms with Crippen LogP contribution in [0.4, 0.5) is 0 Å². The van der Waals surface area contributed by atoms with Crippen LogP contribution in [0.1, 0.15) is 44.7 Å². The number of rotatable bonds is 10. The van der Waals surface area contributed by atoms with E-state index in [0.717, 1.165) is 10.5 Å². The SMILES string of the molecule is CC[C@@H](C(=O)NC(C)C)N(Cc1ccc(Cl)c(Cl)c1)C(=O)CCSc1ccc(C)cc1. The van der Waals surface area contributed by atoms with E-state index in [1.165, 1.54) is 5.56 Å². The van der Waals surface area contributed by atoms with Gasteiger partial charge in [-0.1, -0.05) is 53.9 Å². The van der Waals surface area contributed by atoms with Crippen molar-refractivity contribution in [2.75, 3.05) is 5.75 Å². The molecule has 0 unspecified atom stereocenters. The monoisotopic (exact) mass is 480 g/mol. The summed E-state index contributed by atoms with van der Waals surface area (Å²) >= 11 is 13.8. The molecule has 2 rings (SSSR count). The Morgan fingerprint density at radius 3 is 2.32 bits per heavy atom. The van der Waals surface area contributed by atoms with Crippen LogP contribution in [0.3, 0.4) is 0 Å². The summed E-state index contributed by atoms with van der Waals surface area (Å²) in [5.74, 6) is 0.440. The molecule has 2 aromatic rings. The number of amides is 2. The van der Waals surface area contributed by atoms with E-state index in [-0.39, 0.29) is 17.9 Å². The Morgan fingerprint density at radius 1 is 1.06 bits per heavy atom. The fraction of sp³-hybridized carbons (Fsp3) is 0.417. The summed E-state index contributed by atoms with van der Waals surface area (Å²) in [5, 5.41) is 3.83. The molecule has 0 aliphatic rings. The number of thioether (sulfide) groups is 1. The van der Waals surface area contributed by atoms with Gasteiger partial charge in [-0.15, -0.1) is 11.8 Å². The van der Waals surface area contributed by atoms with Crippen LogP contribution in [0.15, 0.2) is 47.4 Å². The number of carbonyl (C=O) groups excluding carboxylic acids is 2. The summed E-state index contributed by atoms with van der Waals surface area (Å²) in [6.07, 6.45) is 0.863. The fourth-order valence-electron chi connectivity index (χ4n) is 3.17. The van der Waals surface area contributed by atoms with Crippen LogP contribution in [-0.4, -0.2) is 34.6 Å². The smallest absolute Gasteiger partial charge is 0.243 e. The van der Waals surface area contributed by atoms with Crippen molar-refractivity contribution in [1.29, 1.82) is 0 Å². The second-order valence-corrected chi connectivity index (χ2v) is 9.75. The number of hydrogen-bond donors (Lipinski definition) is 1. The summed E-state index contributed by atoms with van der Waals surface area (Å²) in [6, 6.07) is 13.0. The van der Waals surface area contributed by atoms with Gasteiger partial charge in [0.1, 0.15) is 6.04 Å². The molecule has 1 atom stereocenters. The maximum atomic E-state index is 13.2. The molecule has 0 heterocycles. The Balaban J connectivity index is 2.15. The standard InChI is InChI=1S/C24H30Cl2N2O2S/c1-5-22(24(30)27-16(2)3)28(15-18-8-11-20(25)21(26)14-18)23(29)12-13-31-19-9-6-17(4)7-10-19/h6-11,14,16,22H,5,12-13,15H2,1-4H3,(H,27,30)/t22-/m0/s1. The van der Waals surface area contributed by atoms with Crippen LogP contribution in [0.5, 0.6) is 0 Å². The Hall–Kier alpha value is -1.69. The lowest BCUT2D eigenvalue weighted by Crippen LogP contribution is -2.50. The second-order valence-electron chi connectivity index (χ2n) is 7.77. The number of benzene rings is 2. The van der Waals surface area contributed by atoms with E-state index in [9.17, 15) is 9.59 Å². The van der Waals surface area contributed by atoms with E-state index in [4.69, 9.17) is 23.2 Å². The zero-order valence-electron chi connectivity index (χ0n) is 18.5. The molecule has 0 aromatic heterocycles. The molecule has 4 nitrogen and oxygen atoms in total. The van der Waals surface area contributed by atoms with Gasteiger partial charge in [-0.25, -0.2) is 0 Å². The van der Waals surface area contributed by atoms with Crippen molar-refractivity contribution >= 4 is 46.8 Å². The van der Waals surface area contributed by atoms with Crippen LogP contribution in [-0.2, 0) is 16.1 Å². The van der Waals surface area contributed by atoms with Crippen molar-refractivity contribution in [1.82, 2.24) is 10.2 Å². The first-order valence-electron chi connectivity index (χ1n) is 10.4. The first-order chi connectivity index (χ1) is 14.7. The van der Waals surface area contributed by atoms with E-state index >= 15 is 0 Å². The van der Waals surface area contributed by atoms with Gasteiger partial charge in [0.2, 0.25) is 11.8 Å². The minimum Gasteiger partial charge on any atom is -0.352 e. The van der Waals surface area contributed by atoms with Gasteiger partial charge in [0, 0.05) is 29.7 Å². The molecule has 7 heteroatoms. The van der Waals surface area contributed by atoms with E-state index < -0.39 is 6.04 Å². The number of hydrogen-bond acceptors (Lipinski definition) is 3.